The van der Waals surface area contributed by atoms with Crippen LogP contribution in [0.15, 0.2) is 18.2 Å². The number of hydrogen-bond donors (Lipinski definition) is 1. The minimum Gasteiger partial charge on any atom is -0.317 e. The zero-order valence-electron chi connectivity index (χ0n) is 10.6. The van der Waals surface area contributed by atoms with Crippen molar-refractivity contribution >= 4 is 0 Å². The lowest BCUT2D eigenvalue weighted by atomic mass is 9.91. The van der Waals surface area contributed by atoms with Crippen LogP contribution in [-0.2, 0) is 6.42 Å². The highest BCUT2D eigenvalue weighted by atomic mass is 14.9. The highest BCUT2D eigenvalue weighted by Crippen LogP contribution is 2.19. The quantitative estimate of drug-likeness (QED) is 0.819. The lowest BCUT2D eigenvalue weighted by Gasteiger charge is -2.22. The molecule has 1 aliphatic rings. The summed E-state index contributed by atoms with van der Waals surface area (Å²) in [6.07, 6.45) is 5.35. The number of hydrogen-bond acceptors (Lipinski definition) is 1. The van der Waals surface area contributed by atoms with Crippen molar-refractivity contribution in [3.05, 3.63) is 34.9 Å². The Morgan fingerprint density at radius 3 is 2.31 bits per heavy atom. The lowest BCUT2D eigenvalue weighted by molar-refractivity contribution is 0.354. The Morgan fingerprint density at radius 1 is 1.06 bits per heavy atom. The van der Waals surface area contributed by atoms with Crippen LogP contribution in [-0.4, -0.2) is 13.1 Å². The molecule has 1 heteroatoms. The molecule has 1 aromatic rings. The van der Waals surface area contributed by atoms with Gasteiger partial charge in [-0.1, -0.05) is 29.3 Å². The van der Waals surface area contributed by atoms with Crippen LogP contribution in [0.3, 0.4) is 0 Å². The summed E-state index contributed by atoms with van der Waals surface area (Å²) in [6, 6.07) is 6.94. The second-order valence-electron chi connectivity index (χ2n) is 5.23. The van der Waals surface area contributed by atoms with Gasteiger partial charge in [-0.2, -0.15) is 0 Å². The molecule has 1 nitrogen and oxygen atoms in total. The van der Waals surface area contributed by atoms with Gasteiger partial charge in [0.05, 0.1) is 0 Å². The Kier molecular flexibility index (Phi) is 4.00. The van der Waals surface area contributed by atoms with E-state index in [0.717, 1.165) is 5.92 Å². The van der Waals surface area contributed by atoms with E-state index in [1.807, 2.05) is 0 Å². The highest BCUT2D eigenvalue weighted by molar-refractivity contribution is 5.28. The summed E-state index contributed by atoms with van der Waals surface area (Å²) in [5.41, 5.74) is 4.33. The van der Waals surface area contributed by atoms with Gasteiger partial charge in [-0.05, 0) is 64.1 Å². The molecule has 16 heavy (non-hydrogen) atoms. The Hall–Kier alpha value is -0.820. The molecule has 0 aromatic heterocycles. The molecular weight excluding hydrogens is 194 g/mol. The smallest absolute Gasteiger partial charge is 0.00463 e. The third kappa shape index (κ3) is 3.34. The van der Waals surface area contributed by atoms with Crippen LogP contribution in [0.4, 0.5) is 0 Å². The molecule has 0 bridgehead atoms. The molecule has 0 radical (unpaired) electrons. The summed E-state index contributed by atoms with van der Waals surface area (Å²) in [4.78, 5) is 0. The summed E-state index contributed by atoms with van der Waals surface area (Å²) in [7, 11) is 0. The maximum absolute atomic E-state index is 3.43. The Balaban J connectivity index is 1.88. The van der Waals surface area contributed by atoms with E-state index < -0.39 is 0 Å². The summed E-state index contributed by atoms with van der Waals surface area (Å²) in [5, 5.41) is 3.43. The molecule has 88 valence electrons. The highest BCUT2D eigenvalue weighted by Gasteiger charge is 2.12. The van der Waals surface area contributed by atoms with Gasteiger partial charge in [-0.25, -0.2) is 0 Å². The monoisotopic (exact) mass is 217 g/mol. The van der Waals surface area contributed by atoms with E-state index in [4.69, 9.17) is 0 Å². The fraction of sp³-hybridized carbons (Fsp3) is 0.600. The maximum atomic E-state index is 3.43. The zero-order valence-corrected chi connectivity index (χ0v) is 10.6. The third-order valence-corrected chi connectivity index (χ3v) is 3.58. The van der Waals surface area contributed by atoms with E-state index in [-0.39, 0.29) is 0 Å². The lowest BCUT2D eigenvalue weighted by Crippen LogP contribution is -2.27. The minimum absolute atomic E-state index is 0.946. The molecule has 1 fully saturated rings. The summed E-state index contributed by atoms with van der Waals surface area (Å²) >= 11 is 0. The predicted octanol–water partition coefficient (Wildman–Crippen LogP) is 3.24. The first-order chi connectivity index (χ1) is 7.74. The van der Waals surface area contributed by atoms with Gasteiger partial charge in [0.2, 0.25) is 0 Å². The van der Waals surface area contributed by atoms with Gasteiger partial charge >= 0.3 is 0 Å². The second kappa shape index (κ2) is 5.49. The van der Waals surface area contributed by atoms with Crippen molar-refractivity contribution in [2.45, 2.75) is 39.5 Å². The van der Waals surface area contributed by atoms with Gasteiger partial charge in [0.1, 0.15) is 0 Å². The molecule has 2 rings (SSSR count). The van der Waals surface area contributed by atoms with Crippen molar-refractivity contribution in [1.82, 2.24) is 5.32 Å². The predicted molar refractivity (Wildman–Crippen MR) is 69.8 cm³/mol. The number of piperidine rings is 1. The van der Waals surface area contributed by atoms with Crippen LogP contribution in [0.2, 0.25) is 0 Å². The molecule has 1 N–H and O–H groups in total. The van der Waals surface area contributed by atoms with Crippen LogP contribution in [0.25, 0.3) is 0 Å². The standard InChI is InChI=1S/C15H23N/c1-12-9-13(2)11-15(10-12)4-3-14-5-7-16-8-6-14/h9-11,14,16H,3-8H2,1-2H3. The molecule has 1 heterocycles. The first-order valence-electron chi connectivity index (χ1n) is 6.52. The molecular formula is C15H23N. The van der Waals surface area contributed by atoms with Crippen LogP contribution in [0.5, 0.6) is 0 Å². The third-order valence-electron chi connectivity index (χ3n) is 3.58. The van der Waals surface area contributed by atoms with Crippen LogP contribution >= 0.6 is 0 Å². The molecule has 0 aliphatic carbocycles. The van der Waals surface area contributed by atoms with E-state index in [1.165, 1.54) is 55.5 Å². The fourth-order valence-corrected chi connectivity index (χ4v) is 2.75. The number of aryl methyl sites for hydroxylation is 3. The Labute approximate surface area is 99.3 Å². The molecule has 0 atom stereocenters. The fourth-order valence-electron chi connectivity index (χ4n) is 2.75. The largest absolute Gasteiger partial charge is 0.317 e. The molecule has 1 aliphatic heterocycles. The molecule has 0 saturated carbocycles. The first kappa shape index (κ1) is 11.7. The zero-order chi connectivity index (χ0) is 11.4. The van der Waals surface area contributed by atoms with Crippen molar-refractivity contribution in [3.8, 4) is 0 Å². The van der Waals surface area contributed by atoms with Gasteiger partial charge in [-0.15, -0.1) is 0 Å². The van der Waals surface area contributed by atoms with E-state index in [1.54, 1.807) is 0 Å². The van der Waals surface area contributed by atoms with Gasteiger partial charge in [-0.3, -0.25) is 0 Å². The van der Waals surface area contributed by atoms with Crippen molar-refractivity contribution < 1.29 is 0 Å². The summed E-state index contributed by atoms with van der Waals surface area (Å²) < 4.78 is 0. The van der Waals surface area contributed by atoms with Crippen molar-refractivity contribution in [2.24, 2.45) is 5.92 Å². The average Bonchev–Trinajstić information content (AvgIpc) is 2.27. The number of nitrogens with one attached hydrogen (secondary N) is 1. The van der Waals surface area contributed by atoms with E-state index >= 15 is 0 Å². The van der Waals surface area contributed by atoms with Crippen LogP contribution in [0.1, 0.15) is 36.0 Å². The van der Waals surface area contributed by atoms with Crippen LogP contribution in [0, 0.1) is 19.8 Å². The Bertz CT molecular complexity index is 317. The first-order valence-corrected chi connectivity index (χ1v) is 6.52. The molecule has 0 spiro atoms. The van der Waals surface area contributed by atoms with Crippen molar-refractivity contribution in [3.63, 3.8) is 0 Å². The van der Waals surface area contributed by atoms with Gasteiger partial charge in [0, 0.05) is 0 Å². The summed E-state index contributed by atoms with van der Waals surface area (Å²) in [6.45, 7) is 6.83. The number of benzene rings is 1. The molecule has 0 amide bonds. The Morgan fingerprint density at radius 2 is 1.69 bits per heavy atom. The average molecular weight is 217 g/mol. The summed E-state index contributed by atoms with van der Waals surface area (Å²) in [5.74, 6) is 0.946. The van der Waals surface area contributed by atoms with Gasteiger partial charge < -0.3 is 5.32 Å². The van der Waals surface area contributed by atoms with Crippen molar-refractivity contribution in [2.75, 3.05) is 13.1 Å². The molecule has 0 unspecified atom stereocenters. The number of rotatable bonds is 3. The minimum atomic E-state index is 0.946. The van der Waals surface area contributed by atoms with Crippen molar-refractivity contribution in [1.29, 1.82) is 0 Å². The second-order valence-corrected chi connectivity index (χ2v) is 5.23. The molecule has 1 aromatic carbocycles. The normalized spacial score (nSPS) is 17.6. The van der Waals surface area contributed by atoms with Gasteiger partial charge in [0.25, 0.3) is 0 Å². The topological polar surface area (TPSA) is 12.0 Å². The molecule has 1 saturated heterocycles. The van der Waals surface area contributed by atoms with E-state index in [9.17, 15) is 0 Å². The SMILES string of the molecule is Cc1cc(C)cc(CCC2CCNCC2)c1. The maximum Gasteiger partial charge on any atom is -0.00463 e. The van der Waals surface area contributed by atoms with E-state index in [2.05, 4.69) is 37.4 Å². The van der Waals surface area contributed by atoms with E-state index in [0.29, 0.717) is 0 Å². The van der Waals surface area contributed by atoms with Crippen LogP contribution < -0.4 is 5.32 Å². The van der Waals surface area contributed by atoms with Gasteiger partial charge in [0.15, 0.2) is 0 Å².